The van der Waals surface area contributed by atoms with Gasteiger partial charge in [0, 0.05) is 6.42 Å². The quantitative estimate of drug-likeness (QED) is 0.0433. The van der Waals surface area contributed by atoms with Gasteiger partial charge in [-0.3, -0.25) is 9.35 Å². The number of hydrogen-bond acceptors (Lipinski definition) is 5. The maximum Gasteiger partial charge on any atom is 0.267 e. The molecule has 0 radical (unpaired) electrons. The van der Waals surface area contributed by atoms with Gasteiger partial charge in [-0.2, -0.15) is 8.42 Å². The number of amides is 1. The van der Waals surface area contributed by atoms with E-state index < -0.39 is 40.0 Å². The molecule has 3 atom stereocenters. The first-order valence-electron chi connectivity index (χ1n) is 16.1. The van der Waals surface area contributed by atoms with Crippen LogP contribution >= 0.6 is 0 Å². The smallest absolute Gasteiger partial charge is 0.267 e. The molecule has 0 aromatic rings. The van der Waals surface area contributed by atoms with Gasteiger partial charge in [-0.05, 0) is 57.8 Å². The molecule has 0 aliphatic heterocycles. The molecule has 0 spiro atoms. The van der Waals surface area contributed by atoms with Gasteiger partial charge in [-0.25, -0.2) is 0 Å². The summed E-state index contributed by atoms with van der Waals surface area (Å²) in [6, 6.07) is -1.29. The summed E-state index contributed by atoms with van der Waals surface area (Å²) in [6.45, 7) is 4.41. The molecule has 7 nitrogen and oxygen atoms in total. The summed E-state index contributed by atoms with van der Waals surface area (Å²) in [5, 5.41) is 23.0. The van der Waals surface area contributed by atoms with E-state index in [0.29, 0.717) is 12.8 Å². The van der Waals surface area contributed by atoms with Gasteiger partial charge in [0.2, 0.25) is 5.91 Å². The van der Waals surface area contributed by atoms with Crippen LogP contribution in [0.5, 0.6) is 0 Å². The molecule has 0 saturated carbocycles. The second kappa shape index (κ2) is 27.8. The number of unbranched alkanes of at least 4 members (excludes halogenated alkanes) is 11. The molecule has 4 N–H and O–H groups in total. The van der Waals surface area contributed by atoms with E-state index in [4.69, 9.17) is 0 Å². The Hall–Kier alpha value is -2.00. The van der Waals surface area contributed by atoms with Crippen LogP contribution in [0.2, 0.25) is 0 Å². The second-order valence-electron chi connectivity index (χ2n) is 10.9. The van der Waals surface area contributed by atoms with Gasteiger partial charge < -0.3 is 15.5 Å². The van der Waals surface area contributed by atoms with Gasteiger partial charge in [-0.15, -0.1) is 0 Å². The van der Waals surface area contributed by atoms with Crippen LogP contribution in [-0.2, 0) is 14.9 Å². The maximum atomic E-state index is 12.4. The minimum absolute atomic E-state index is 0.0581. The topological polar surface area (TPSA) is 124 Å². The standard InChI is InChI=1S/C34H59NO6S/c1-3-5-7-9-11-13-15-17-19-20-22-24-26-28-32(36)31(30-42(39,40)41)35-34(38)33(37)29-27-25-23-21-18-16-14-12-10-8-6-4-2/h11,13,18-21,25-28,31-33,36-37H,3-10,12,14-17,22-24,29-30H2,1-2H3,(H,35,38)(H,39,40,41)/b13-11+,20-19+,21-18-,27-25-,28-26+. The second-order valence-corrected chi connectivity index (χ2v) is 12.4. The molecule has 42 heavy (non-hydrogen) atoms. The Labute approximate surface area is 256 Å². The predicted molar refractivity (Wildman–Crippen MR) is 176 cm³/mol. The highest BCUT2D eigenvalue weighted by Gasteiger charge is 2.27. The molecule has 0 heterocycles. The van der Waals surface area contributed by atoms with Gasteiger partial charge in [0.05, 0.1) is 17.9 Å². The molecule has 0 rings (SSSR count). The normalized spacial score (nSPS) is 15.1. The lowest BCUT2D eigenvalue weighted by Gasteiger charge is -2.22. The van der Waals surface area contributed by atoms with Crippen molar-refractivity contribution < 1.29 is 28.0 Å². The van der Waals surface area contributed by atoms with E-state index in [1.165, 1.54) is 63.9 Å². The minimum atomic E-state index is -4.47. The third-order valence-corrected chi connectivity index (χ3v) is 7.54. The maximum absolute atomic E-state index is 12.4. The minimum Gasteiger partial charge on any atom is -0.387 e. The van der Waals surface area contributed by atoms with Gasteiger partial charge in [0.15, 0.2) is 0 Å². The van der Waals surface area contributed by atoms with Crippen molar-refractivity contribution >= 4 is 16.0 Å². The van der Waals surface area contributed by atoms with E-state index in [-0.39, 0.29) is 6.42 Å². The van der Waals surface area contributed by atoms with Crippen molar-refractivity contribution in [2.45, 2.75) is 141 Å². The summed E-state index contributed by atoms with van der Waals surface area (Å²) in [4.78, 5) is 12.4. The molecule has 0 aliphatic carbocycles. The Kier molecular flexibility index (Phi) is 26.5. The SMILES string of the molecule is CCCCC/C=C/CC/C=C/CC/C=C/C(O)C(CS(=O)(=O)O)NC(=O)C(O)C/C=C\C/C=C\CCCCCCCC. The molecule has 0 bridgehead atoms. The average molecular weight is 610 g/mol. The number of rotatable bonds is 27. The highest BCUT2D eigenvalue weighted by molar-refractivity contribution is 7.85. The van der Waals surface area contributed by atoms with Gasteiger partial charge in [0.25, 0.3) is 10.1 Å². The van der Waals surface area contributed by atoms with Crippen LogP contribution in [0.15, 0.2) is 60.8 Å². The number of carbonyl (C=O) groups is 1. The highest BCUT2D eigenvalue weighted by Crippen LogP contribution is 2.08. The van der Waals surface area contributed by atoms with Crippen LogP contribution in [-0.4, -0.2) is 53.1 Å². The first kappa shape index (κ1) is 40.0. The summed E-state index contributed by atoms with van der Waals surface area (Å²) >= 11 is 0. The Morgan fingerprint density at radius 2 is 1.14 bits per heavy atom. The zero-order chi connectivity index (χ0) is 31.3. The summed E-state index contributed by atoms with van der Waals surface area (Å²) in [5.41, 5.74) is 0. The predicted octanol–water partition coefficient (Wildman–Crippen LogP) is 7.53. The van der Waals surface area contributed by atoms with E-state index in [9.17, 15) is 28.0 Å². The van der Waals surface area contributed by atoms with E-state index >= 15 is 0 Å². The van der Waals surface area contributed by atoms with Crippen LogP contribution in [0.25, 0.3) is 0 Å². The number of hydrogen-bond donors (Lipinski definition) is 4. The summed E-state index contributed by atoms with van der Waals surface area (Å²) in [6.07, 6.45) is 34.4. The van der Waals surface area contributed by atoms with Gasteiger partial charge in [0.1, 0.15) is 6.10 Å². The number of carbonyl (C=O) groups excluding carboxylic acids is 1. The monoisotopic (exact) mass is 609 g/mol. The Morgan fingerprint density at radius 3 is 1.76 bits per heavy atom. The molecule has 242 valence electrons. The van der Waals surface area contributed by atoms with Crippen LogP contribution in [0, 0.1) is 0 Å². The first-order chi connectivity index (χ1) is 20.2. The molecule has 0 aliphatic rings. The average Bonchev–Trinajstić information content (AvgIpc) is 2.94. The fraction of sp³-hybridized carbons (Fsp3) is 0.676. The van der Waals surface area contributed by atoms with Gasteiger partial charge >= 0.3 is 0 Å². The Balaban J connectivity index is 4.43. The Bertz CT molecular complexity index is 907. The third-order valence-electron chi connectivity index (χ3n) is 6.76. The van der Waals surface area contributed by atoms with Crippen molar-refractivity contribution in [3.05, 3.63) is 60.8 Å². The fourth-order valence-electron chi connectivity index (χ4n) is 4.23. The zero-order valence-electron chi connectivity index (χ0n) is 26.2. The van der Waals surface area contributed by atoms with E-state index in [1.54, 1.807) is 12.2 Å². The highest BCUT2D eigenvalue weighted by atomic mass is 32.2. The lowest BCUT2D eigenvalue weighted by atomic mass is 10.1. The molecular weight excluding hydrogens is 550 g/mol. The van der Waals surface area contributed by atoms with Crippen LogP contribution in [0.3, 0.4) is 0 Å². The zero-order valence-corrected chi connectivity index (χ0v) is 27.0. The van der Waals surface area contributed by atoms with Crippen LogP contribution < -0.4 is 5.32 Å². The largest absolute Gasteiger partial charge is 0.387 e. The Morgan fingerprint density at radius 1 is 0.667 bits per heavy atom. The molecule has 0 fully saturated rings. The van der Waals surface area contributed by atoms with Gasteiger partial charge in [-0.1, -0.05) is 120 Å². The number of aliphatic hydroxyl groups excluding tert-OH is 2. The molecule has 3 unspecified atom stereocenters. The molecule has 0 saturated heterocycles. The van der Waals surface area contributed by atoms with Crippen molar-refractivity contribution in [1.29, 1.82) is 0 Å². The van der Waals surface area contributed by atoms with Crippen molar-refractivity contribution in [1.82, 2.24) is 5.32 Å². The number of allylic oxidation sites excluding steroid dienone is 8. The molecule has 1 amide bonds. The number of aliphatic hydroxyl groups is 2. The molecule has 0 aromatic carbocycles. The summed E-state index contributed by atoms with van der Waals surface area (Å²) < 4.78 is 32.2. The first-order valence-corrected chi connectivity index (χ1v) is 17.7. The van der Waals surface area contributed by atoms with Crippen molar-refractivity contribution in [3.63, 3.8) is 0 Å². The van der Waals surface area contributed by atoms with Crippen molar-refractivity contribution in [3.8, 4) is 0 Å². The van der Waals surface area contributed by atoms with Crippen LogP contribution in [0.4, 0.5) is 0 Å². The van der Waals surface area contributed by atoms with Crippen molar-refractivity contribution in [2.75, 3.05) is 5.75 Å². The molecule has 8 heteroatoms. The fourth-order valence-corrected chi connectivity index (χ4v) is 4.97. The van der Waals surface area contributed by atoms with E-state index in [0.717, 1.165) is 32.1 Å². The van der Waals surface area contributed by atoms with Crippen LogP contribution in [0.1, 0.15) is 123 Å². The molecular formula is C34H59NO6S. The van der Waals surface area contributed by atoms with E-state index in [1.807, 2.05) is 6.08 Å². The number of nitrogens with one attached hydrogen (secondary N) is 1. The summed E-state index contributed by atoms with van der Waals surface area (Å²) in [7, 11) is -4.47. The lowest BCUT2D eigenvalue weighted by molar-refractivity contribution is -0.130. The van der Waals surface area contributed by atoms with E-state index in [2.05, 4.69) is 55.6 Å². The summed E-state index contributed by atoms with van der Waals surface area (Å²) in [5.74, 6) is -1.66. The molecule has 0 aromatic heterocycles. The van der Waals surface area contributed by atoms with Crippen molar-refractivity contribution in [2.24, 2.45) is 0 Å². The third kappa shape index (κ3) is 26.9. The lowest BCUT2D eigenvalue weighted by Crippen LogP contribution is -2.50.